The zero-order chi connectivity index (χ0) is 15.4. The second kappa shape index (κ2) is 7.00. The lowest BCUT2D eigenvalue weighted by Gasteiger charge is -2.34. The molecule has 2 rings (SSSR count). The summed E-state index contributed by atoms with van der Waals surface area (Å²) in [6.45, 7) is 3.78. The van der Waals surface area contributed by atoms with Crippen molar-refractivity contribution >= 4 is 23.2 Å². The first kappa shape index (κ1) is 15.9. The molecule has 1 saturated heterocycles. The fourth-order valence-corrected chi connectivity index (χ4v) is 3.38. The molecule has 7 heteroatoms. The van der Waals surface area contributed by atoms with Crippen LogP contribution in [-0.2, 0) is 9.59 Å². The Morgan fingerprint density at radius 2 is 2.19 bits per heavy atom. The molecule has 0 spiro atoms. The molecule has 1 aliphatic rings. The quantitative estimate of drug-likeness (QED) is 0.875. The number of nitrogens with two attached hydrogens (primary N) is 1. The van der Waals surface area contributed by atoms with Gasteiger partial charge in [0.15, 0.2) is 0 Å². The highest BCUT2D eigenvalue weighted by Crippen LogP contribution is 2.25. The van der Waals surface area contributed by atoms with Crippen molar-refractivity contribution in [2.24, 2.45) is 11.7 Å². The molecule has 0 aliphatic carbocycles. The van der Waals surface area contributed by atoms with Gasteiger partial charge in [-0.2, -0.15) is 0 Å². The van der Waals surface area contributed by atoms with Crippen LogP contribution in [0.2, 0.25) is 0 Å². The summed E-state index contributed by atoms with van der Waals surface area (Å²) in [4.78, 5) is 31.5. The second-order valence-electron chi connectivity index (χ2n) is 5.51. The van der Waals surface area contributed by atoms with Crippen LogP contribution in [0.15, 0.2) is 11.6 Å². The summed E-state index contributed by atoms with van der Waals surface area (Å²) in [5.74, 6) is -0.118. The third-order valence-corrected chi connectivity index (χ3v) is 5.00. The molecule has 2 N–H and O–H groups in total. The number of primary amides is 1. The van der Waals surface area contributed by atoms with Crippen LogP contribution in [0, 0.1) is 5.92 Å². The lowest BCUT2D eigenvalue weighted by molar-refractivity contribution is -0.137. The monoisotopic (exact) mass is 310 g/mol. The molecule has 0 aromatic carbocycles. The Morgan fingerprint density at radius 3 is 2.71 bits per heavy atom. The number of piperidine rings is 1. The van der Waals surface area contributed by atoms with Gasteiger partial charge in [0.1, 0.15) is 5.01 Å². The van der Waals surface area contributed by atoms with E-state index in [1.807, 2.05) is 24.3 Å². The van der Waals surface area contributed by atoms with Crippen LogP contribution < -0.4 is 5.73 Å². The summed E-state index contributed by atoms with van der Waals surface area (Å²) in [5, 5.41) is 2.88. The van der Waals surface area contributed by atoms with E-state index in [2.05, 4.69) is 4.98 Å². The Balaban J connectivity index is 1.88. The van der Waals surface area contributed by atoms with Crippen molar-refractivity contribution in [2.75, 3.05) is 26.7 Å². The largest absolute Gasteiger partial charge is 0.369 e. The number of thiazole rings is 1. The van der Waals surface area contributed by atoms with E-state index >= 15 is 0 Å². The van der Waals surface area contributed by atoms with E-state index in [0.717, 1.165) is 30.9 Å². The van der Waals surface area contributed by atoms with Gasteiger partial charge in [0, 0.05) is 24.5 Å². The van der Waals surface area contributed by atoms with Gasteiger partial charge in [-0.15, -0.1) is 11.3 Å². The van der Waals surface area contributed by atoms with E-state index in [1.165, 1.54) is 0 Å². The molecule has 0 radical (unpaired) electrons. The Bertz CT molecular complexity index is 483. The number of carbonyl (C=O) groups excluding carboxylic acids is 2. The van der Waals surface area contributed by atoms with Gasteiger partial charge in [-0.3, -0.25) is 14.5 Å². The van der Waals surface area contributed by atoms with Crippen molar-refractivity contribution in [2.45, 2.75) is 25.8 Å². The molecule has 116 valence electrons. The van der Waals surface area contributed by atoms with Crippen LogP contribution in [0.3, 0.4) is 0 Å². The normalized spacial score (nSPS) is 18.4. The van der Waals surface area contributed by atoms with E-state index in [0.29, 0.717) is 0 Å². The minimum Gasteiger partial charge on any atom is -0.369 e. The molecule has 1 unspecified atom stereocenters. The minimum absolute atomic E-state index is 0.00106. The van der Waals surface area contributed by atoms with Crippen LogP contribution in [-0.4, -0.2) is 53.3 Å². The van der Waals surface area contributed by atoms with Gasteiger partial charge in [-0.1, -0.05) is 0 Å². The standard InChI is InChI=1S/C14H22N4O2S/c1-10(13-16-5-8-21-13)17(2)14(20)11-3-6-18(7-4-11)9-12(15)19/h5,8,10-11H,3-4,6-7,9H2,1-2H3,(H2,15,19). The van der Waals surface area contributed by atoms with Crippen LogP contribution in [0.5, 0.6) is 0 Å². The smallest absolute Gasteiger partial charge is 0.231 e. The van der Waals surface area contributed by atoms with Crippen LogP contribution in [0.4, 0.5) is 0 Å². The molecule has 1 aliphatic heterocycles. The summed E-state index contributed by atoms with van der Waals surface area (Å²) in [5.41, 5.74) is 5.20. The van der Waals surface area contributed by atoms with Gasteiger partial charge in [-0.25, -0.2) is 4.98 Å². The highest BCUT2D eigenvalue weighted by molar-refractivity contribution is 7.09. The third kappa shape index (κ3) is 4.01. The fraction of sp³-hybridized carbons (Fsp3) is 0.643. The fourth-order valence-electron chi connectivity index (χ4n) is 2.64. The van der Waals surface area contributed by atoms with E-state index in [-0.39, 0.29) is 30.3 Å². The molecule has 6 nitrogen and oxygen atoms in total. The highest BCUT2D eigenvalue weighted by atomic mass is 32.1. The average Bonchev–Trinajstić information content (AvgIpc) is 2.99. The lowest BCUT2D eigenvalue weighted by atomic mass is 9.95. The zero-order valence-electron chi connectivity index (χ0n) is 12.5. The minimum atomic E-state index is -0.311. The zero-order valence-corrected chi connectivity index (χ0v) is 13.3. The van der Waals surface area contributed by atoms with Crippen molar-refractivity contribution in [3.63, 3.8) is 0 Å². The molecule has 1 aromatic rings. The molecule has 1 aromatic heterocycles. The van der Waals surface area contributed by atoms with Crippen LogP contribution in [0.25, 0.3) is 0 Å². The van der Waals surface area contributed by atoms with Gasteiger partial charge in [-0.05, 0) is 32.9 Å². The molecular formula is C14H22N4O2S. The molecule has 21 heavy (non-hydrogen) atoms. The van der Waals surface area contributed by atoms with E-state index in [4.69, 9.17) is 5.73 Å². The van der Waals surface area contributed by atoms with Gasteiger partial charge in [0.2, 0.25) is 11.8 Å². The Hall–Kier alpha value is -1.47. The van der Waals surface area contributed by atoms with Crippen LogP contribution >= 0.6 is 11.3 Å². The highest BCUT2D eigenvalue weighted by Gasteiger charge is 2.30. The predicted octanol–water partition coefficient (Wildman–Crippen LogP) is 0.860. The molecule has 1 atom stereocenters. The van der Waals surface area contributed by atoms with E-state index < -0.39 is 0 Å². The molecule has 1 fully saturated rings. The number of hydrogen-bond acceptors (Lipinski definition) is 5. The number of amides is 2. The first-order chi connectivity index (χ1) is 9.99. The molecule has 2 heterocycles. The second-order valence-corrected chi connectivity index (χ2v) is 6.44. The first-order valence-corrected chi connectivity index (χ1v) is 8.03. The van der Waals surface area contributed by atoms with Crippen molar-refractivity contribution < 1.29 is 9.59 Å². The van der Waals surface area contributed by atoms with E-state index in [9.17, 15) is 9.59 Å². The molecule has 2 amide bonds. The maximum atomic E-state index is 12.6. The summed E-state index contributed by atoms with van der Waals surface area (Å²) in [7, 11) is 1.84. The summed E-state index contributed by atoms with van der Waals surface area (Å²) in [6.07, 6.45) is 3.32. The predicted molar refractivity (Wildman–Crippen MR) is 81.7 cm³/mol. The van der Waals surface area contributed by atoms with Crippen molar-refractivity contribution in [1.29, 1.82) is 0 Å². The van der Waals surface area contributed by atoms with Crippen molar-refractivity contribution in [3.8, 4) is 0 Å². The summed E-state index contributed by atoms with van der Waals surface area (Å²) < 4.78 is 0. The topological polar surface area (TPSA) is 79.5 Å². The molecular weight excluding hydrogens is 288 g/mol. The maximum Gasteiger partial charge on any atom is 0.231 e. The number of hydrogen-bond donors (Lipinski definition) is 1. The number of nitrogens with zero attached hydrogens (tertiary/aromatic N) is 3. The number of likely N-dealkylation sites (tertiary alicyclic amines) is 1. The Labute approximate surface area is 128 Å². The van der Waals surface area contributed by atoms with Crippen LogP contribution in [0.1, 0.15) is 30.8 Å². The number of carbonyl (C=O) groups is 2. The SMILES string of the molecule is CC(c1nccs1)N(C)C(=O)C1CCN(CC(N)=O)CC1. The number of rotatable bonds is 5. The average molecular weight is 310 g/mol. The van der Waals surface area contributed by atoms with Gasteiger partial charge >= 0.3 is 0 Å². The third-order valence-electron chi connectivity index (χ3n) is 4.05. The van der Waals surface area contributed by atoms with Gasteiger partial charge < -0.3 is 10.6 Å². The summed E-state index contributed by atoms with van der Waals surface area (Å²) >= 11 is 1.57. The summed E-state index contributed by atoms with van der Waals surface area (Å²) in [6, 6.07) is 0.00106. The molecule has 0 bridgehead atoms. The Kier molecular flexibility index (Phi) is 5.30. The molecule has 0 saturated carbocycles. The van der Waals surface area contributed by atoms with Crippen molar-refractivity contribution in [1.82, 2.24) is 14.8 Å². The maximum absolute atomic E-state index is 12.6. The van der Waals surface area contributed by atoms with Gasteiger partial charge in [0.05, 0.1) is 12.6 Å². The number of aromatic nitrogens is 1. The Morgan fingerprint density at radius 1 is 1.52 bits per heavy atom. The first-order valence-electron chi connectivity index (χ1n) is 7.15. The van der Waals surface area contributed by atoms with E-state index in [1.54, 1.807) is 22.4 Å². The lowest BCUT2D eigenvalue weighted by Crippen LogP contribution is -2.44. The van der Waals surface area contributed by atoms with Crippen molar-refractivity contribution in [3.05, 3.63) is 16.6 Å². The van der Waals surface area contributed by atoms with Gasteiger partial charge in [0.25, 0.3) is 0 Å².